The largest absolute Gasteiger partial charge is 0.352 e. The van der Waals surface area contributed by atoms with E-state index in [0.29, 0.717) is 0 Å². The van der Waals surface area contributed by atoms with Crippen LogP contribution in [0, 0.1) is 0 Å². The Labute approximate surface area is 170 Å². The number of carbonyl (C=O) groups excluding carboxylic acids is 1. The van der Waals surface area contributed by atoms with Crippen LogP contribution < -0.4 is 5.32 Å². The van der Waals surface area contributed by atoms with Crippen LogP contribution in [0.25, 0.3) is 0 Å². The summed E-state index contributed by atoms with van der Waals surface area (Å²) in [6.45, 7) is 0.103. The smallest absolute Gasteiger partial charge is 0.252 e. The number of carbonyl (C=O) groups is 1. The molecule has 1 N–H and O–H groups in total. The molecule has 0 fully saturated rings. The maximum Gasteiger partial charge on any atom is 0.252 e. The van der Waals surface area contributed by atoms with Gasteiger partial charge < -0.3 is 5.32 Å². The van der Waals surface area contributed by atoms with Crippen LogP contribution in [0.5, 0.6) is 0 Å². The molecule has 1 amide bonds. The first-order chi connectivity index (χ1) is 13.1. The third kappa shape index (κ3) is 5.32. The van der Waals surface area contributed by atoms with Gasteiger partial charge in [-0.25, -0.2) is 21.1 Å². The van der Waals surface area contributed by atoms with E-state index in [0.717, 1.165) is 4.31 Å². The van der Waals surface area contributed by atoms with Crippen molar-refractivity contribution in [2.24, 2.45) is 0 Å². The van der Waals surface area contributed by atoms with E-state index in [-0.39, 0.29) is 39.1 Å². The summed E-state index contributed by atoms with van der Waals surface area (Å²) in [5, 5.41) is 2.68. The Bertz CT molecular complexity index is 1050. The fourth-order valence-corrected chi connectivity index (χ4v) is 4.82. The third-order valence-electron chi connectivity index (χ3n) is 3.94. The van der Waals surface area contributed by atoms with Crippen LogP contribution in [0.1, 0.15) is 16.8 Å². The van der Waals surface area contributed by atoms with Gasteiger partial charge in [0.05, 0.1) is 26.1 Å². The van der Waals surface area contributed by atoms with Crippen molar-refractivity contribution in [3.63, 3.8) is 0 Å². The molecule has 0 radical (unpaired) electrons. The standard InChI is InChI=1S/C18H21ClN2O5S2/c1-21(2)28(25,26)15-9-10-17(19)16(13-15)18(22)20-11-6-12-27(23,24)14-7-4-3-5-8-14/h3-5,7-10,13H,6,11-12H2,1-2H3,(H,20,22). The van der Waals surface area contributed by atoms with E-state index in [1.165, 1.54) is 44.4 Å². The van der Waals surface area contributed by atoms with Crippen LogP contribution in [-0.2, 0) is 19.9 Å². The summed E-state index contributed by atoms with van der Waals surface area (Å²) in [5.74, 6) is -0.696. The number of halogens is 1. The van der Waals surface area contributed by atoms with Crippen molar-refractivity contribution in [1.29, 1.82) is 0 Å². The summed E-state index contributed by atoms with van der Waals surface area (Å²) in [7, 11) is -4.37. The Hall–Kier alpha value is -1.94. The van der Waals surface area contributed by atoms with E-state index >= 15 is 0 Å². The number of nitrogens with zero attached hydrogens (tertiary/aromatic N) is 1. The fraction of sp³-hybridized carbons (Fsp3) is 0.278. The zero-order valence-electron chi connectivity index (χ0n) is 15.4. The van der Waals surface area contributed by atoms with E-state index in [9.17, 15) is 21.6 Å². The molecule has 2 aromatic rings. The topological polar surface area (TPSA) is 101 Å². The first-order valence-corrected chi connectivity index (χ1v) is 11.8. The molecule has 0 aliphatic carbocycles. The van der Waals surface area contributed by atoms with Crippen molar-refractivity contribution < 1.29 is 21.6 Å². The van der Waals surface area contributed by atoms with Gasteiger partial charge in [-0.2, -0.15) is 0 Å². The van der Waals surface area contributed by atoms with Crippen molar-refractivity contribution >= 4 is 37.4 Å². The molecule has 2 rings (SSSR count). The Morgan fingerprint density at radius 2 is 1.64 bits per heavy atom. The van der Waals surface area contributed by atoms with Crippen LogP contribution >= 0.6 is 11.6 Å². The van der Waals surface area contributed by atoms with Crippen LogP contribution in [0.2, 0.25) is 5.02 Å². The lowest BCUT2D eigenvalue weighted by molar-refractivity contribution is 0.0953. The van der Waals surface area contributed by atoms with Gasteiger partial charge in [-0.1, -0.05) is 29.8 Å². The summed E-state index contributed by atoms with van der Waals surface area (Å²) in [6, 6.07) is 11.9. The monoisotopic (exact) mass is 444 g/mol. The third-order valence-corrected chi connectivity index (χ3v) is 7.90. The SMILES string of the molecule is CN(C)S(=O)(=O)c1ccc(Cl)c(C(=O)NCCCS(=O)(=O)c2ccccc2)c1. The van der Waals surface area contributed by atoms with Gasteiger partial charge in [-0.05, 0) is 36.8 Å². The number of hydrogen-bond acceptors (Lipinski definition) is 5. The van der Waals surface area contributed by atoms with Gasteiger partial charge in [0.25, 0.3) is 5.91 Å². The summed E-state index contributed by atoms with van der Waals surface area (Å²) in [4.78, 5) is 12.5. The van der Waals surface area contributed by atoms with E-state index in [1.807, 2.05) is 0 Å². The average molecular weight is 445 g/mol. The molecule has 0 aliphatic rings. The minimum atomic E-state index is -3.71. The van der Waals surface area contributed by atoms with E-state index in [2.05, 4.69) is 5.32 Å². The Morgan fingerprint density at radius 1 is 1.00 bits per heavy atom. The van der Waals surface area contributed by atoms with E-state index in [4.69, 9.17) is 11.6 Å². The van der Waals surface area contributed by atoms with Gasteiger partial charge in [-0.15, -0.1) is 0 Å². The second-order valence-corrected chi connectivity index (χ2v) is 10.8. The van der Waals surface area contributed by atoms with Gasteiger partial charge in [0.1, 0.15) is 0 Å². The van der Waals surface area contributed by atoms with Gasteiger partial charge in [0.2, 0.25) is 10.0 Å². The first-order valence-electron chi connectivity index (χ1n) is 8.34. The summed E-state index contributed by atoms with van der Waals surface area (Å²) < 4.78 is 49.9. The normalized spacial score (nSPS) is 12.1. The average Bonchev–Trinajstić information content (AvgIpc) is 2.65. The van der Waals surface area contributed by atoms with Crippen molar-refractivity contribution in [1.82, 2.24) is 9.62 Å². The fourth-order valence-electron chi connectivity index (χ4n) is 2.35. The number of benzene rings is 2. The van der Waals surface area contributed by atoms with E-state index < -0.39 is 25.8 Å². The number of rotatable bonds is 8. The lowest BCUT2D eigenvalue weighted by Crippen LogP contribution is -2.27. The predicted molar refractivity (Wildman–Crippen MR) is 108 cm³/mol. The maximum atomic E-state index is 12.4. The molecule has 152 valence electrons. The molecule has 0 bridgehead atoms. The first kappa shape index (κ1) is 22.4. The molecule has 0 aromatic heterocycles. The second kappa shape index (κ2) is 9.04. The predicted octanol–water partition coefficient (Wildman–Crippen LogP) is 2.18. The molecule has 7 nitrogen and oxygen atoms in total. The quantitative estimate of drug-likeness (QED) is 0.629. The highest BCUT2D eigenvalue weighted by atomic mass is 35.5. The van der Waals surface area contributed by atoms with Crippen molar-refractivity contribution in [2.45, 2.75) is 16.2 Å². The maximum absolute atomic E-state index is 12.4. The molecule has 0 unspecified atom stereocenters. The number of sulfonamides is 1. The number of hydrogen-bond donors (Lipinski definition) is 1. The molecule has 2 aromatic carbocycles. The summed E-state index contributed by atoms with van der Waals surface area (Å²) in [6.07, 6.45) is 0.205. The molecule has 0 spiro atoms. The molecule has 0 saturated carbocycles. The zero-order valence-corrected chi connectivity index (χ0v) is 17.8. The lowest BCUT2D eigenvalue weighted by atomic mass is 10.2. The van der Waals surface area contributed by atoms with Crippen LogP contribution in [0.4, 0.5) is 0 Å². The summed E-state index contributed by atoms with van der Waals surface area (Å²) in [5.41, 5.74) is 0.00973. The van der Waals surface area contributed by atoms with Crippen molar-refractivity contribution in [2.75, 3.05) is 26.4 Å². The Morgan fingerprint density at radius 3 is 2.25 bits per heavy atom. The molecule has 0 saturated heterocycles. The van der Waals surface area contributed by atoms with Crippen LogP contribution in [0.15, 0.2) is 58.3 Å². The molecule has 0 atom stereocenters. The molecular formula is C18H21ClN2O5S2. The molecule has 0 heterocycles. The second-order valence-electron chi connectivity index (χ2n) is 6.17. The highest BCUT2D eigenvalue weighted by Gasteiger charge is 2.21. The van der Waals surface area contributed by atoms with Crippen LogP contribution in [-0.4, -0.2) is 53.4 Å². The molecule has 0 aliphatic heterocycles. The van der Waals surface area contributed by atoms with Crippen molar-refractivity contribution in [3.05, 3.63) is 59.1 Å². The minimum absolute atomic E-state index is 0.00973. The van der Waals surface area contributed by atoms with Crippen molar-refractivity contribution in [3.8, 4) is 0 Å². The zero-order chi connectivity index (χ0) is 20.9. The highest BCUT2D eigenvalue weighted by molar-refractivity contribution is 7.91. The Kier molecular flexibility index (Phi) is 7.22. The minimum Gasteiger partial charge on any atom is -0.352 e. The summed E-state index contributed by atoms with van der Waals surface area (Å²) >= 11 is 6.02. The number of sulfone groups is 1. The van der Waals surface area contributed by atoms with Gasteiger partial charge in [0, 0.05) is 20.6 Å². The van der Waals surface area contributed by atoms with Crippen LogP contribution in [0.3, 0.4) is 0 Å². The molecular weight excluding hydrogens is 424 g/mol. The molecule has 10 heteroatoms. The highest BCUT2D eigenvalue weighted by Crippen LogP contribution is 2.22. The van der Waals surface area contributed by atoms with Gasteiger partial charge >= 0.3 is 0 Å². The number of amides is 1. The van der Waals surface area contributed by atoms with Gasteiger partial charge in [-0.3, -0.25) is 4.79 Å². The van der Waals surface area contributed by atoms with Gasteiger partial charge in [0.15, 0.2) is 9.84 Å². The lowest BCUT2D eigenvalue weighted by Gasteiger charge is -2.13. The van der Waals surface area contributed by atoms with E-state index in [1.54, 1.807) is 18.2 Å². The Balaban J connectivity index is 2.02. The number of nitrogens with one attached hydrogen (secondary N) is 1. The molecule has 28 heavy (non-hydrogen) atoms.